The van der Waals surface area contributed by atoms with Gasteiger partial charge in [0.2, 0.25) is 0 Å². The van der Waals surface area contributed by atoms with Crippen molar-refractivity contribution in [1.82, 2.24) is 10.2 Å². The average molecular weight is 562 g/mol. The van der Waals surface area contributed by atoms with Crippen molar-refractivity contribution in [3.63, 3.8) is 0 Å². The van der Waals surface area contributed by atoms with Crippen LogP contribution in [0.4, 0.5) is 4.79 Å². The zero-order valence-corrected chi connectivity index (χ0v) is 24.2. The van der Waals surface area contributed by atoms with Gasteiger partial charge in [0.15, 0.2) is 0 Å². The highest BCUT2D eigenvalue weighted by atomic mass is 79.9. The molecule has 1 heterocycles. The minimum absolute atomic E-state index is 0.0390. The van der Waals surface area contributed by atoms with Gasteiger partial charge in [0.05, 0.1) is 6.10 Å². The molecule has 1 atom stereocenters. The quantitative estimate of drug-likeness (QED) is 0.420. The van der Waals surface area contributed by atoms with Gasteiger partial charge in [-0.15, -0.1) is 0 Å². The van der Waals surface area contributed by atoms with Crippen LogP contribution in [0.3, 0.4) is 0 Å². The Morgan fingerprint density at radius 2 is 1.81 bits per heavy atom. The normalized spacial score (nSPS) is 15.4. The van der Waals surface area contributed by atoms with Crippen molar-refractivity contribution >= 4 is 27.9 Å². The van der Waals surface area contributed by atoms with Crippen LogP contribution in [0, 0.1) is 0 Å². The molecule has 0 fully saturated rings. The Bertz CT molecular complexity index is 1050. The van der Waals surface area contributed by atoms with E-state index in [0.717, 1.165) is 21.2 Å². The van der Waals surface area contributed by atoms with Crippen molar-refractivity contribution in [3.05, 3.63) is 69.2 Å². The third-order valence-electron chi connectivity index (χ3n) is 5.93. The van der Waals surface area contributed by atoms with Gasteiger partial charge < -0.3 is 20.1 Å². The number of hydrogen-bond donors (Lipinski definition) is 2. The molecule has 0 aromatic heterocycles. The van der Waals surface area contributed by atoms with Gasteiger partial charge in [-0.1, -0.05) is 67.9 Å². The second-order valence-corrected chi connectivity index (χ2v) is 11.5. The molecule has 0 bridgehead atoms. The number of ether oxygens (including phenoxy) is 1. The molecule has 1 aliphatic rings. The number of benzene rings is 2. The number of carbonyl (C=O) groups is 2. The number of hydrogen-bond acceptors (Lipinski definition) is 4. The Balaban J connectivity index is 0.00000222. The van der Waals surface area contributed by atoms with E-state index in [2.05, 4.69) is 35.1 Å². The van der Waals surface area contributed by atoms with E-state index >= 15 is 0 Å². The number of nitrogens with zero attached hydrogens (tertiary/aromatic N) is 1. The Kier molecular flexibility index (Phi) is 10.6. The van der Waals surface area contributed by atoms with E-state index in [1.54, 1.807) is 4.90 Å². The summed E-state index contributed by atoms with van der Waals surface area (Å²) in [6.45, 7) is 14.9. The maximum atomic E-state index is 13.1. The number of β-amino-alcohol motifs (C(OH)–C–C–N with tert-alkyl or cyclic N) is 1. The monoisotopic (exact) mass is 560 g/mol. The third kappa shape index (κ3) is 8.34. The molecule has 0 spiro atoms. The van der Waals surface area contributed by atoms with E-state index in [1.807, 2.05) is 77.1 Å². The van der Waals surface area contributed by atoms with Crippen molar-refractivity contribution in [2.45, 2.75) is 85.0 Å². The lowest BCUT2D eigenvalue weighted by molar-refractivity contribution is 0.0522. The summed E-state index contributed by atoms with van der Waals surface area (Å²) < 4.78 is 6.27. The molecule has 6 nitrogen and oxygen atoms in total. The molecule has 7 heteroatoms. The summed E-state index contributed by atoms with van der Waals surface area (Å²) in [7, 11) is 0. The standard InChI is InChI=1S/C27H35BrN2O4.C2H6/c1-26(2,3)34-25(33)29-15-19-9-7-6-8-18(19)10-12-21(31)16-30-17-27(4,5)23-14-20(28)11-13-22(23)24(30)32;1-2/h6-9,11,13-14,21,31H,10,12,15-17H2,1-5H3,(H,29,33);1-2H3. The van der Waals surface area contributed by atoms with Crippen molar-refractivity contribution in [3.8, 4) is 0 Å². The van der Waals surface area contributed by atoms with E-state index in [9.17, 15) is 14.7 Å². The number of rotatable bonds is 7. The second-order valence-electron chi connectivity index (χ2n) is 10.6. The molecular formula is C29H41BrN2O4. The van der Waals surface area contributed by atoms with Gasteiger partial charge in [0, 0.05) is 35.1 Å². The molecule has 36 heavy (non-hydrogen) atoms. The molecule has 1 aliphatic heterocycles. The minimum atomic E-state index is -0.649. The van der Waals surface area contributed by atoms with Gasteiger partial charge in [-0.25, -0.2) is 4.79 Å². The SMILES string of the molecule is CC.CC(C)(C)OC(=O)NCc1ccccc1CCC(O)CN1CC(C)(C)c2cc(Br)ccc2C1=O. The lowest BCUT2D eigenvalue weighted by Crippen LogP contribution is -2.49. The number of aliphatic hydroxyl groups excluding tert-OH is 1. The third-order valence-corrected chi connectivity index (χ3v) is 6.43. The van der Waals surface area contributed by atoms with Crippen LogP contribution in [-0.4, -0.2) is 46.8 Å². The lowest BCUT2D eigenvalue weighted by atomic mass is 9.78. The highest BCUT2D eigenvalue weighted by Gasteiger charge is 2.37. The number of amides is 2. The maximum Gasteiger partial charge on any atom is 0.407 e. The van der Waals surface area contributed by atoms with Crippen LogP contribution < -0.4 is 5.32 Å². The minimum Gasteiger partial charge on any atom is -0.444 e. The molecule has 1 unspecified atom stereocenters. The lowest BCUT2D eigenvalue weighted by Gasteiger charge is -2.40. The largest absolute Gasteiger partial charge is 0.444 e. The Labute approximate surface area is 224 Å². The van der Waals surface area contributed by atoms with E-state index in [-0.39, 0.29) is 17.9 Å². The number of aryl methyl sites for hydroxylation is 1. The summed E-state index contributed by atoms with van der Waals surface area (Å²) in [6, 6.07) is 13.6. The van der Waals surface area contributed by atoms with E-state index in [1.165, 1.54) is 0 Å². The van der Waals surface area contributed by atoms with Crippen LogP contribution in [0.2, 0.25) is 0 Å². The fourth-order valence-corrected chi connectivity index (χ4v) is 4.70. The van der Waals surface area contributed by atoms with Gasteiger partial charge in [0.1, 0.15) is 5.60 Å². The summed E-state index contributed by atoms with van der Waals surface area (Å²) in [5.41, 5.74) is 3.01. The van der Waals surface area contributed by atoms with Crippen LogP contribution in [0.25, 0.3) is 0 Å². The molecule has 0 saturated heterocycles. The fraction of sp³-hybridized carbons (Fsp3) is 0.517. The van der Waals surface area contributed by atoms with E-state index < -0.39 is 17.8 Å². The number of carbonyl (C=O) groups excluding carboxylic acids is 2. The molecule has 198 valence electrons. The smallest absolute Gasteiger partial charge is 0.407 e. The fourth-order valence-electron chi connectivity index (χ4n) is 4.34. The van der Waals surface area contributed by atoms with Crippen molar-refractivity contribution < 1.29 is 19.4 Å². The van der Waals surface area contributed by atoms with Gasteiger partial charge in [-0.3, -0.25) is 4.79 Å². The van der Waals surface area contributed by atoms with Crippen LogP contribution in [0.5, 0.6) is 0 Å². The molecule has 2 aromatic carbocycles. The molecule has 2 N–H and O–H groups in total. The zero-order chi connectivity index (χ0) is 27.1. The number of fused-ring (bicyclic) bond motifs is 1. The zero-order valence-electron chi connectivity index (χ0n) is 22.7. The number of alkyl carbamates (subject to hydrolysis) is 1. The summed E-state index contributed by atoms with van der Waals surface area (Å²) in [5.74, 6) is -0.0390. The summed E-state index contributed by atoms with van der Waals surface area (Å²) in [5, 5.41) is 13.6. The molecule has 0 saturated carbocycles. The number of halogens is 1. The Hall–Kier alpha value is -2.38. The van der Waals surface area contributed by atoms with Crippen LogP contribution in [-0.2, 0) is 23.1 Å². The first-order valence-corrected chi connectivity index (χ1v) is 13.5. The Morgan fingerprint density at radius 1 is 1.17 bits per heavy atom. The molecule has 0 aliphatic carbocycles. The molecule has 3 rings (SSSR count). The molecular weight excluding hydrogens is 520 g/mol. The first-order valence-electron chi connectivity index (χ1n) is 12.7. The van der Waals surface area contributed by atoms with Crippen LogP contribution in [0.1, 0.15) is 81.9 Å². The van der Waals surface area contributed by atoms with Gasteiger partial charge >= 0.3 is 6.09 Å². The van der Waals surface area contributed by atoms with E-state index in [4.69, 9.17) is 4.74 Å². The Morgan fingerprint density at radius 3 is 2.44 bits per heavy atom. The van der Waals surface area contributed by atoms with Gasteiger partial charge in [0.25, 0.3) is 5.91 Å². The van der Waals surface area contributed by atoms with Crippen molar-refractivity contribution in [1.29, 1.82) is 0 Å². The van der Waals surface area contributed by atoms with E-state index in [0.29, 0.717) is 31.5 Å². The highest BCUT2D eigenvalue weighted by molar-refractivity contribution is 9.10. The second kappa shape index (κ2) is 12.7. The summed E-state index contributed by atoms with van der Waals surface area (Å²) >= 11 is 3.50. The van der Waals surface area contributed by atoms with Crippen molar-refractivity contribution in [2.24, 2.45) is 0 Å². The topological polar surface area (TPSA) is 78.9 Å². The molecule has 0 radical (unpaired) electrons. The van der Waals surface area contributed by atoms with Gasteiger partial charge in [-0.2, -0.15) is 0 Å². The molecule has 2 amide bonds. The molecule has 2 aromatic rings. The number of nitrogens with one attached hydrogen (secondary N) is 1. The first kappa shape index (κ1) is 29.8. The highest BCUT2D eigenvalue weighted by Crippen LogP contribution is 2.35. The summed E-state index contributed by atoms with van der Waals surface area (Å²) in [4.78, 5) is 26.8. The maximum absolute atomic E-state index is 13.1. The van der Waals surface area contributed by atoms with Crippen molar-refractivity contribution in [2.75, 3.05) is 13.1 Å². The van der Waals surface area contributed by atoms with Crippen LogP contribution in [0.15, 0.2) is 46.9 Å². The first-order chi connectivity index (χ1) is 16.9. The number of aliphatic hydroxyl groups is 1. The van der Waals surface area contributed by atoms with Gasteiger partial charge in [-0.05, 0) is 68.5 Å². The van der Waals surface area contributed by atoms with Crippen LogP contribution >= 0.6 is 15.9 Å². The predicted molar refractivity (Wildman–Crippen MR) is 148 cm³/mol. The summed E-state index contributed by atoms with van der Waals surface area (Å²) in [6.07, 6.45) is 0.0490. The average Bonchev–Trinajstić information content (AvgIpc) is 2.80. The predicted octanol–water partition coefficient (Wildman–Crippen LogP) is 6.23.